The zero-order chi connectivity index (χ0) is 32.4. The van der Waals surface area contributed by atoms with E-state index in [1.54, 1.807) is 30.3 Å². The summed E-state index contributed by atoms with van der Waals surface area (Å²) in [6.07, 6.45) is -7.95. The molecule has 232 valence electrons. The lowest BCUT2D eigenvalue weighted by Gasteiger charge is -2.32. The number of carbonyl (C=O) groups is 1. The van der Waals surface area contributed by atoms with Crippen molar-refractivity contribution in [3.63, 3.8) is 0 Å². The summed E-state index contributed by atoms with van der Waals surface area (Å²) in [6.45, 7) is -0.460. The number of benzene rings is 3. The molecule has 0 spiro atoms. The van der Waals surface area contributed by atoms with E-state index in [1.807, 2.05) is 0 Å². The van der Waals surface area contributed by atoms with Crippen LogP contribution in [0.1, 0.15) is 17.0 Å². The number of hydrogen-bond acceptors (Lipinski definition) is 7. The van der Waals surface area contributed by atoms with Crippen molar-refractivity contribution in [2.75, 3.05) is 11.9 Å². The average Bonchev–Trinajstić information content (AvgIpc) is 3.00. The molecule has 2 N–H and O–H groups in total. The second-order valence-corrected chi connectivity index (χ2v) is 9.69. The number of nitrogens with one attached hydrogen (secondary N) is 1. The molecular formula is C30H21F6N5O4. The summed E-state index contributed by atoms with van der Waals surface area (Å²) < 4.78 is 87.2. The minimum absolute atomic E-state index is 0.00943. The van der Waals surface area contributed by atoms with Crippen molar-refractivity contribution in [2.24, 2.45) is 0 Å². The Kier molecular flexibility index (Phi) is 8.30. The van der Waals surface area contributed by atoms with Crippen LogP contribution < -0.4 is 15.6 Å². The summed E-state index contributed by atoms with van der Waals surface area (Å²) in [5.41, 5.74) is -6.50. The number of ether oxygens (including phenoxy) is 1. The van der Waals surface area contributed by atoms with Crippen LogP contribution in [0.4, 0.5) is 32.2 Å². The number of rotatable bonds is 8. The summed E-state index contributed by atoms with van der Waals surface area (Å²) >= 11 is 0. The van der Waals surface area contributed by atoms with Gasteiger partial charge in [0.15, 0.2) is 12.4 Å². The van der Waals surface area contributed by atoms with E-state index in [-0.39, 0.29) is 40.4 Å². The molecule has 0 radical (unpaired) electrons. The van der Waals surface area contributed by atoms with Crippen LogP contribution >= 0.6 is 0 Å². The second kappa shape index (κ2) is 12.0. The molecule has 2 aromatic heterocycles. The van der Waals surface area contributed by atoms with Gasteiger partial charge in [0.1, 0.15) is 11.6 Å². The lowest BCUT2D eigenvalue weighted by Crippen LogP contribution is -2.53. The highest BCUT2D eigenvalue weighted by Gasteiger charge is 2.71. The largest absolute Gasteiger partial charge is 0.484 e. The van der Waals surface area contributed by atoms with Crippen molar-refractivity contribution >= 4 is 22.6 Å². The van der Waals surface area contributed by atoms with Gasteiger partial charge in [-0.1, -0.05) is 42.5 Å². The van der Waals surface area contributed by atoms with Crippen LogP contribution in [0.25, 0.3) is 16.6 Å². The molecule has 15 heteroatoms. The van der Waals surface area contributed by atoms with E-state index in [0.717, 1.165) is 16.7 Å². The van der Waals surface area contributed by atoms with Crippen LogP contribution in [0, 0.1) is 0 Å². The van der Waals surface area contributed by atoms with Gasteiger partial charge in [-0.25, -0.2) is 9.97 Å². The summed E-state index contributed by atoms with van der Waals surface area (Å²) in [4.78, 5) is 38.4. The number of nitrogens with zero attached hydrogens (tertiary/aromatic N) is 4. The fraction of sp³-hybridized carbons (Fsp3) is 0.167. The highest BCUT2D eigenvalue weighted by molar-refractivity contribution is 5.90. The molecule has 45 heavy (non-hydrogen) atoms. The van der Waals surface area contributed by atoms with Crippen LogP contribution in [-0.4, -0.2) is 49.5 Å². The zero-order valence-electron chi connectivity index (χ0n) is 22.8. The summed E-state index contributed by atoms with van der Waals surface area (Å²) in [5.74, 6) is -0.140. The summed E-state index contributed by atoms with van der Waals surface area (Å²) in [7, 11) is 0. The van der Waals surface area contributed by atoms with Gasteiger partial charge in [0.05, 0.1) is 22.8 Å². The Morgan fingerprint density at radius 3 is 2.22 bits per heavy atom. The maximum Gasteiger partial charge on any atom is 0.430 e. The van der Waals surface area contributed by atoms with Crippen LogP contribution in [0.2, 0.25) is 0 Å². The molecule has 2 heterocycles. The first-order valence-corrected chi connectivity index (χ1v) is 13.0. The van der Waals surface area contributed by atoms with E-state index < -0.39 is 41.6 Å². The first kappa shape index (κ1) is 31.1. The van der Waals surface area contributed by atoms with Gasteiger partial charge in [0, 0.05) is 24.4 Å². The highest BCUT2D eigenvalue weighted by atomic mass is 19.4. The van der Waals surface area contributed by atoms with Gasteiger partial charge in [-0.2, -0.15) is 26.3 Å². The molecule has 1 amide bonds. The number of aromatic nitrogens is 4. The maximum atomic E-state index is 13.8. The minimum atomic E-state index is -6.08. The molecule has 0 atom stereocenters. The first-order chi connectivity index (χ1) is 21.3. The highest BCUT2D eigenvalue weighted by Crippen LogP contribution is 2.50. The Balaban J connectivity index is 1.54. The maximum absolute atomic E-state index is 13.8. The third-order valence-electron chi connectivity index (χ3n) is 6.68. The van der Waals surface area contributed by atoms with E-state index in [2.05, 4.69) is 20.3 Å². The molecule has 0 aliphatic heterocycles. The fourth-order valence-electron chi connectivity index (χ4n) is 4.49. The molecule has 0 aliphatic carbocycles. The number of fused-ring (bicyclic) bond motifs is 1. The second-order valence-electron chi connectivity index (χ2n) is 9.69. The van der Waals surface area contributed by atoms with E-state index in [4.69, 9.17) is 4.74 Å². The predicted octanol–water partition coefficient (Wildman–Crippen LogP) is 5.10. The Morgan fingerprint density at radius 2 is 1.60 bits per heavy atom. The number of aliphatic hydroxyl groups is 1. The van der Waals surface area contributed by atoms with Crippen molar-refractivity contribution < 1.29 is 41.0 Å². The Labute approximate surface area is 249 Å². The van der Waals surface area contributed by atoms with E-state index in [0.29, 0.717) is 17.7 Å². The standard InChI is InChI=1S/C30H21F6N5O4/c31-29(32,33)28(44,30(34,35)36)19-6-8-20(9-7-19)41-25(14-18-4-2-1-3-5-18)39-23-11-10-21(15-22(23)27(41)43)45-17-26(42)40-24-16-37-12-13-38-24/h1-13,15-16,44H,14,17H2,(H,38,40,42). The quantitative estimate of drug-likeness (QED) is 0.230. The van der Waals surface area contributed by atoms with Gasteiger partial charge < -0.3 is 15.2 Å². The number of halogens is 6. The van der Waals surface area contributed by atoms with Crippen molar-refractivity contribution in [3.8, 4) is 11.4 Å². The predicted molar refractivity (Wildman–Crippen MR) is 149 cm³/mol. The Bertz CT molecular complexity index is 1870. The molecule has 0 saturated carbocycles. The molecule has 0 aliphatic rings. The number of carbonyl (C=O) groups excluding carboxylic acids is 1. The molecule has 5 rings (SSSR count). The van der Waals surface area contributed by atoms with Crippen molar-refractivity contribution in [1.82, 2.24) is 19.5 Å². The lowest BCUT2D eigenvalue weighted by atomic mass is 9.92. The topological polar surface area (TPSA) is 119 Å². The Morgan fingerprint density at radius 1 is 0.911 bits per heavy atom. The molecule has 0 fully saturated rings. The van der Waals surface area contributed by atoms with Gasteiger partial charge in [0.2, 0.25) is 0 Å². The van der Waals surface area contributed by atoms with Gasteiger partial charge in [-0.15, -0.1) is 0 Å². The van der Waals surface area contributed by atoms with E-state index in [9.17, 15) is 41.0 Å². The SMILES string of the molecule is O=C(COc1ccc2nc(Cc3ccccc3)n(-c3ccc(C(O)(C(F)(F)F)C(F)(F)F)cc3)c(=O)c2c1)Nc1cnccn1. The van der Waals surface area contributed by atoms with Crippen LogP contribution in [0.3, 0.4) is 0 Å². The molecular weight excluding hydrogens is 608 g/mol. The molecule has 3 aromatic carbocycles. The van der Waals surface area contributed by atoms with Crippen molar-refractivity contribution in [3.05, 3.63) is 119 Å². The summed E-state index contributed by atoms with van der Waals surface area (Å²) in [5, 5.41) is 12.3. The van der Waals surface area contributed by atoms with E-state index >= 15 is 0 Å². The van der Waals surface area contributed by atoms with Crippen molar-refractivity contribution in [1.29, 1.82) is 0 Å². The minimum Gasteiger partial charge on any atom is -0.484 e. The summed E-state index contributed by atoms with van der Waals surface area (Å²) in [6, 6.07) is 15.6. The first-order valence-electron chi connectivity index (χ1n) is 13.0. The van der Waals surface area contributed by atoms with Crippen LogP contribution in [0.15, 0.2) is 96.2 Å². The fourth-order valence-corrected chi connectivity index (χ4v) is 4.49. The molecule has 9 nitrogen and oxygen atoms in total. The smallest absolute Gasteiger partial charge is 0.430 e. The number of anilines is 1. The zero-order valence-corrected chi connectivity index (χ0v) is 22.8. The van der Waals surface area contributed by atoms with Gasteiger partial charge in [-0.3, -0.25) is 19.1 Å². The molecule has 0 saturated heterocycles. The molecule has 5 aromatic rings. The molecule has 0 bridgehead atoms. The van der Waals surface area contributed by atoms with Gasteiger partial charge in [0.25, 0.3) is 17.1 Å². The van der Waals surface area contributed by atoms with Gasteiger partial charge in [-0.05, 0) is 35.9 Å². The number of hydrogen-bond donors (Lipinski definition) is 2. The average molecular weight is 630 g/mol. The normalized spacial score (nSPS) is 12.2. The Hall–Kier alpha value is -5.31. The third kappa shape index (κ3) is 6.33. The monoisotopic (exact) mass is 629 g/mol. The number of alkyl halides is 6. The van der Waals surface area contributed by atoms with Crippen LogP contribution in [0.5, 0.6) is 5.75 Å². The van der Waals surface area contributed by atoms with Crippen LogP contribution in [-0.2, 0) is 16.8 Å². The lowest BCUT2D eigenvalue weighted by molar-refractivity contribution is -0.376. The molecule has 0 unspecified atom stereocenters. The van der Waals surface area contributed by atoms with E-state index in [1.165, 1.54) is 36.8 Å². The van der Waals surface area contributed by atoms with Crippen molar-refractivity contribution in [2.45, 2.75) is 24.4 Å². The number of amides is 1. The van der Waals surface area contributed by atoms with Gasteiger partial charge >= 0.3 is 12.4 Å². The third-order valence-corrected chi connectivity index (χ3v) is 6.68.